The number of fused-ring (bicyclic) bond motifs is 1. The summed E-state index contributed by atoms with van der Waals surface area (Å²) in [5.41, 5.74) is -1.12. The molecule has 5 nitrogen and oxygen atoms in total. The number of amides is 1. The quantitative estimate of drug-likeness (QED) is 0.408. The molecular formula is C26H20F7N3O2. The van der Waals surface area contributed by atoms with Crippen LogP contribution in [0.4, 0.5) is 30.7 Å². The second-order valence-electron chi connectivity index (χ2n) is 9.26. The fraction of sp³-hybridized carbons (Fsp3) is 0.308. The van der Waals surface area contributed by atoms with Crippen LogP contribution in [-0.4, -0.2) is 39.7 Å². The van der Waals surface area contributed by atoms with Crippen LogP contribution in [0.3, 0.4) is 0 Å². The molecule has 0 spiro atoms. The number of rotatable bonds is 5. The molecule has 38 heavy (non-hydrogen) atoms. The molecule has 1 saturated heterocycles. The molecule has 2 aliphatic heterocycles. The summed E-state index contributed by atoms with van der Waals surface area (Å²) in [6.07, 6.45) is -5.67. The molecule has 0 radical (unpaired) electrons. The largest absolute Gasteiger partial charge is 0.416 e. The second-order valence-corrected chi connectivity index (χ2v) is 9.26. The van der Waals surface area contributed by atoms with Crippen LogP contribution >= 0.6 is 0 Å². The van der Waals surface area contributed by atoms with Crippen LogP contribution in [0.1, 0.15) is 40.2 Å². The van der Waals surface area contributed by atoms with Crippen molar-refractivity contribution in [1.29, 1.82) is 0 Å². The number of benzene rings is 2. The predicted molar refractivity (Wildman–Crippen MR) is 121 cm³/mol. The highest BCUT2D eigenvalue weighted by Gasteiger charge is 2.47. The predicted octanol–water partition coefficient (Wildman–Crippen LogP) is 5.95. The van der Waals surface area contributed by atoms with Crippen molar-refractivity contribution >= 4 is 11.5 Å². The minimum Gasteiger partial charge on any atom is -0.371 e. The Morgan fingerprint density at radius 3 is 2.24 bits per heavy atom. The van der Waals surface area contributed by atoms with Crippen LogP contribution in [-0.2, 0) is 28.5 Å². The van der Waals surface area contributed by atoms with Crippen LogP contribution < -0.4 is 0 Å². The average Bonchev–Trinajstić information content (AvgIpc) is 3.51. The SMILES string of the molecule is O=C1C=C(c2cn[nH]c2)CC2[C@H](c3ccc(F)cc3)[C@@H](OCc3cc(C(F)(F)F)cc(C(F)(F)F)c3)CN12. The smallest absolute Gasteiger partial charge is 0.371 e. The van der Waals surface area contributed by atoms with E-state index in [1.807, 2.05) is 0 Å². The summed E-state index contributed by atoms with van der Waals surface area (Å²) < 4.78 is 99.3. The van der Waals surface area contributed by atoms with E-state index in [-0.39, 0.29) is 24.1 Å². The van der Waals surface area contributed by atoms with Gasteiger partial charge in [0.15, 0.2) is 0 Å². The van der Waals surface area contributed by atoms with Gasteiger partial charge in [0.1, 0.15) is 5.82 Å². The maximum Gasteiger partial charge on any atom is 0.416 e. The van der Waals surface area contributed by atoms with Gasteiger partial charge >= 0.3 is 12.4 Å². The first-order chi connectivity index (χ1) is 17.9. The molecule has 0 bridgehead atoms. The van der Waals surface area contributed by atoms with Crippen molar-refractivity contribution in [3.63, 3.8) is 0 Å². The fourth-order valence-corrected chi connectivity index (χ4v) is 5.10. The van der Waals surface area contributed by atoms with E-state index in [0.29, 0.717) is 35.3 Å². The monoisotopic (exact) mass is 539 g/mol. The van der Waals surface area contributed by atoms with Gasteiger partial charge in [0, 0.05) is 36.3 Å². The molecule has 12 heteroatoms. The Kier molecular flexibility index (Phi) is 6.54. The normalized spacial score (nSPS) is 22.0. The lowest BCUT2D eigenvalue weighted by atomic mass is 9.84. The number of nitrogens with zero attached hydrogens (tertiary/aromatic N) is 2. The van der Waals surface area contributed by atoms with Crippen molar-refractivity contribution in [3.05, 3.63) is 94.6 Å². The highest BCUT2D eigenvalue weighted by molar-refractivity contribution is 5.97. The Labute approximate surface area is 211 Å². The molecule has 1 fully saturated rings. The zero-order valence-electron chi connectivity index (χ0n) is 19.5. The molecule has 1 unspecified atom stereocenters. The van der Waals surface area contributed by atoms with E-state index in [2.05, 4.69) is 10.2 Å². The number of ether oxygens (including phenoxy) is 1. The van der Waals surface area contributed by atoms with Crippen LogP contribution in [0.5, 0.6) is 0 Å². The van der Waals surface area contributed by atoms with Crippen LogP contribution in [0.15, 0.2) is 60.9 Å². The van der Waals surface area contributed by atoms with E-state index < -0.39 is 54.0 Å². The van der Waals surface area contributed by atoms with Gasteiger partial charge in [-0.1, -0.05) is 12.1 Å². The van der Waals surface area contributed by atoms with Crippen LogP contribution in [0.2, 0.25) is 0 Å². The van der Waals surface area contributed by atoms with Gasteiger partial charge < -0.3 is 9.64 Å². The lowest BCUT2D eigenvalue weighted by Gasteiger charge is -2.32. The molecular weight excluding hydrogens is 519 g/mol. The molecule has 3 atom stereocenters. The number of carbonyl (C=O) groups excluding carboxylic acids is 1. The van der Waals surface area contributed by atoms with Gasteiger partial charge in [-0.2, -0.15) is 31.4 Å². The third kappa shape index (κ3) is 5.17. The van der Waals surface area contributed by atoms with Crippen molar-refractivity contribution in [3.8, 4) is 0 Å². The molecule has 1 amide bonds. The summed E-state index contributed by atoms with van der Waals surface area (Å²) >= 11 is 0. The van der Waals surface area contributed by atoms with E-state index in [0.717, 1.165) is 0 Å². The van der Waals surface area contributed by atoms with Gasteiger partial charge in [-0.05, 0) is 53.5 Å². The Hall–Kier alpha value is -3.67. The summed E-state index contributed by atoms with van der Waals surface area (Å²) in [6.45, 7) is -0.488. The first kappa shape index (κ1) is 26.0. The number of nitrogens with one attached hydrogen (secondary N) is 1. The number of aromatic amines is 1. The molecule has 5 rings (SSSR count). The number of halogens is 7. The third-order valence-electron chi connectivity index (χ3n) is 6.84. The van der Waals surface area contributed by atoms with Gasteiger partial charge in [0.05, 0.1) is 30.0 Å². The number of hydrogen-bond donors (Lipinski definition) is 1. The highest BCUT2D eigenvalue weighted by Crippen LogP contribution is 2.43. The second kappa shape index (κ2) is 9.57. The third-order valence-corrected chi connectivity index (χ3v) is 6.84. The number of aromatic nitrogens is 2. The molecule has 2 aliphatic rings. The van der Waals surface area contributed by atoms with Gasteiger partial charge in [-0.25, -0.2) is 4.39 Å². The number of alkyl halides is 6. The van der Waals surface area contributed by atoms with Gasteiger partial charge in [-0.15, -0.1) is 0 Å². The summed E-state index contributed by atoms with van der Waals surface area (Å²) in [4.78, 5) is 14.6. The Bertz CT molecular complexity index is 1320. The van der Waals surface area contributed by atoms with Crippen molar-refractivity contribution in [2.75, 3.05) is 6.54 Å². The molecule has 200 valence electrons. The van der Waals surface area contributed by atoms with E-state index in [1.165, 1.54) is 30.3 Å². The van der Waals surface area contributed by atoms with Gasteiger partial charge in [0.25, 0.3) is 0 Å². The van der Waals surface area contributed by atoms with Crippen molar-refractivity contribution < 1.29 is 40.3 Å². The number of H-pyrrole nitrogens is 1. The maximum atomic E-state index is 13.7. The van der Waals surface area contributed by atoms with Crippen molar-refractivity contribution in [2.24, 2.45) is 0 Å². The van der Waals surface area contributed by atoms with Gasteiger partial charge in [-0.3, -0.25) is 9.89 Å². The van der Waals surface area contributed by atoms with E-state index in [4.69, 9.17) is 4.74 Å². The fourth-order valence-electron chi connectivity index (χ4n) is 5.10. The first-order valence-electron chi connectivity index (χ1n) is 11.6. The minimum atomic E-state index is -4.98. The van der Waals surface area contributed by atoms with Gasteiger partial charge in [0.2, 0.25) is 5.91 Å². The lowest BCUT2D eigenvalue weighted by Crippen LogP contribution is -2.39. The molecule has 3 heterocycles. The van der Waals surface area contributed by atoms with Crippen molar-refractivity contribution in [1.82, 2.24) is 15.1 Å². The van der Waals surface area contributed by atoms with Crippen LogP contribution in [0.25, 0.3) is 5.57 Å². The van der Waals surface area contributed by atoms with E-state index >= 15 is 0 Å². The van der Waals surface area contributed by atoms with Crippen LogP contribution in [0, 0.1) is 5.82 Å². The number of hydrogen-bond acceptors (Lipinski definition) is 3. The average molecular weight is 539 g/mol. The topological polar surface area (TPSA) is 58.2 Å². The Balaban J connectivity index is 1.45. The van der Waals surface area contributed by atoms with E-state index in [9.17, 15) is 35.5 Å². The summed E-state index contributed by atoms with van der Waals surface area (Å²) in [5, 5.41) is 6.59. The molecule has 0 saturated carbocycles. The molecule has 0 aliphatic carbocycles. The maximum absolute atomic E-state index is 13.7. The first-order valence-corrected chi connectivity index (χ1v) is 11.6. The zero-order chi connectivity index (χ0) is 27.2. The molecule has 2 aromatic carbocycles. The number of carbonyl (C=O) groups is 1. The van der Waals surface area contributed by atoms with Crippen molar-refractivity contribution in [2.45, 2.75) is 43.4 Å². The standard InChI is InChI=1S/C26H20F7N3O2/c27-20-3-1-15(2-4-20)24-21-7-16(17-10-34-35-11-17)8-23(37)36(21)12-22(24)38-13-14-5-18(25(28,29)30)9-19(6-14)26(31,32)33/h1-6,8-11,21-22,24H,7,12-13H2,(H,34,35)/t21?,22-,24-/m0/s1. The molecule has 3 aromatic rings. The Morgan fingerprint density at radius 1 is 1.00 bits per heavy atom. The summed E-state index contributed by atoms with van der Waals surface area (Å²) in [6, 6.07) is 6.42. The highest BCUT2D eigenvalue weighted by atomic mass is 19.4. The summed E-state index contributed by atoms with van der Waals surface area (Å²) in [7, 11) is 0. The lowest BCUT2D eigenvalue weighted by molar-refractivity contribution is -0.143. The Morgan fingerprint density at radius 2 is 1.66 bits per heavy atom. The molecule has 1 aromatic heterocycles. The van der Waals surface area contributed by atoms with E-state index in [1.54, 1.807) is 17.3 Å². The summed E-state index contributed by atoms with van der Waals surface area (Å²) in [5.74, 6) is -1.31. The molecule has 1 N–H and O–H groups in total. The minimum absolute atomic E-state index is 0.0579. The zero-order valence-corrected chi connectivity index (χ0v) is 19.5.